The molecule has 0 saturated heterocycles. The van der Waals surface area contributed by atoms with Gasteiger partial charge < -0.3 is 15.4 Å². The van der Waals surface area contributed by atoms with Crippen LogP contribution in [0.1, 0.15) is 13.8 Å². The quantitative estimate of drug-likeness (QED) is 0.473. The van der Waals surface area contributed by atoms with Crippen LogP contribution in [0.15, 0.2) is 12.4 Å². The van der Waals surface area contributed by atoms with Crippen LogP contribution in [0.5, 0.6) is 0 Å². The van der Waals surface area contributed by atoms with Gasteiger partial charge in [0.25, 0.3) is 0 Å². The number of hydrogen-bond donors (Lipinski definition) is 0. The SMILES string of the molecule is CC.c1cn[n-]n1. The minimum absolute atomic E-state index is 1.53. The molecule has 0 aliphatic heterocycles. The summed E-state index contributed by atoms with van der Waals surface area (Å²) >= 11 is 0. The van der Waals surface area contributed by atoms with Gasteiger partial charge in [0, 0.05) is 12.4 Å². The maximum Gasteiger partial charge on any atom is 0.0215 e. The van der Waals surface area contributed by atoms with Gasteiger partial charge in [-0.05, 0) is 0 Å². The molecule has 0 spiro atoms. The van der Waals surface area contributed by atoms with Crippen molar-refractivity contribution < 1.29 is 0 Å². The highest BCUT2D eigenvalue weighted by Crippen LogP contribution is 1.53. The molecule has 0 aliphatic rings. The van der Waals surface area contributed by atoms with Crippen LogP contribution in [-0.4, -0.2) is 10.2 Å². The largest absolute Gasteiger partial charge is 0.493 e. The minimum Gasteiger partial charge on any atom is -0.493 e. The van der Waals surface area contributed by atoms with Crippen molar-refractivity contribution >= 4 is 0 Å². The molecule has 7 heavy (non-hydrogen) atoms. The molecule has 3 nitrogen and oxygen atoms in total. The van der Waals surface area contributed by atoms with Crippen molar-refractivity contribution in [1.82, 2.24) is 15.4 Å². The molecule has 1 aromatic heterocycles. The van der Waals surface area contributed by atoms with E-state index in [4.69, 9.17) is 0 Å². The Balaban J connectivity index is 0.000000162. The van der Waals surface area contributed by atoms with E-state index in [-0.39, 0.29) is 0 Å². The molecule has 40 valence electrons. The first-order valence-corrected chi connectivity index (χ1v) is 2.25. The van der Waals surface area contributed by atoms with E-state index in [1.165, 1.54) is 12.4 Å². The average Bonchev–Trinajstić information content (AvgIpc) is 2.23. The van der Waals surface area contributed by atoms with Crippen LogP contribution < -0.4 is 5.21 Å². The third-order valence-corrected chi connectivity index (χ3v) is 0.303. The normalized spacial score (nSPS) is 6.57. The molecule has 0 unspecified atom stereocenters. The maximum atomic E-state index is 3.36. The molecule has 0 aliphatic carbocycles. The van der Waals surface area contributed by atoms with E-state index in [1.807, 2.05) is 13.8 Å². The van der Waals surface area contributed by atoms with E-state index in [0.29, 0.717) is 0 Å². The molecule has 3 heteroatoms. The first-order chi connectivity index (χ1) is 3.50. The predicted molar refractivity (Wildman–Crippen MR) is 26.7 cm³/mol. The maximum absolute atomic E-state index is 3.36. The highest BCUT2D eigenvalue weighted by atomic mass is 15.3. The summed E-state index contributed by atoms with van der Waals surface area (Å²) in [5, 5.41) is 9.94. The van der Waals surface area contributed by atoms with Crippen LogP contribution in [0.2, 0.25) is 0 Å². The van der Waals surface area contributed by atoms with Crippen molar-refractivity contribution in [3.05, 3.63) is 12.4 Å². The molecule has 0 radical (unpaired) electrons. The van der Waals surface area contributed by atoms with Gasteiger partial charge in [0.1, 0.15) is 0 Å². The zero-order chi connectivity index (χ0) is 5.54. The number of aromatic nitrogens is 3. The first-order valence-electron chi connectivity index (χ1n) is 2.25. The summed E-state index contributed by atoms with van der Waals surface area (Å²) in [6, 6.07) is 0. The summed E-state index contributed by atoms with van der Waals surface area (Å²) in [7, 11) is 0. The van der Waals surface area contributed by atoms with Gasteiger partial charge in [-0.15, -0.1) is 0 Å². The predicted octanol–water partition coefficient (Wildman–Crippen LogP) is 0.460. The molecule has 0 bridgehead atoms. The highest BCUT2D eigenvalue weighted by molar-refractivity contribution is 4.54. The van der Waals surface area contributed by atoms with Crippen molar-refractivity contribution in [2.75, 3.05) is 0 Å². The number of nitrogens with zero attached hydrogens (tertiary/aromatic N) is 3. The molecule has 0 saturated carbocycles. The van der Waals surface area contributed by atoms with Crippen molar-refractivity contribution in [2.45, 2.75) is 13.8 Å². The fourth-order valence-corrected chi connectivity index (χ4v) is 0.149. The van der Waals surface area contributed by atoms with Gasteiger partial charge in [-0.25, -0.2) is 0 Å². The van der Waals surface area contributed by atoms with Crippen molar-refractivity contribution in [2.24, 2.45) is 0 Å². The molecule has 0 fully saturated rings. The van der Waals surface area contributed by atoms with E-state index in [9.17, 15) is 0 Å². The molecule has 0 aromatic carbocycles. The summed E-state index contributed by atoms with van der Waals surface area (Å²) in [5.74, 6) is 0. The standard InChI is InChI=1S/C2H2N3.C2H6/c1-2-4-5-3-1;1-2/h1-2H;1-2H3/q-1;. The third-order valence-electron chi connectivity index (χ3n) is 0.303. The fraction of sp³-hybridized carbons (Fsp3) is 0.500. The molecular weight excluding hydrogens is 90.1 g/mol. The smallest absolute Gasteiger partial charge is 0.0215 e. The van der Waals surface area contributed by atoms with Crippen LogP contribution in [0.4, 0.5) is 0 Å². The molecule has 0 N–H and O–H groups in total. The lowest BCUT2D eigenvalue weighted by atomic mass is 11.0. The summed E-state index contributed by atoms with van der Waals surface area (Å²) < 4.78 is 0. The minimum atomic E-state index is 1.53. The summed E-state index contributed by atoms with van der Waals surface area (Å²) in [5.41, 5.74) is 0. The molecule has 0 amide bonds. The van der Waals surface area contributed by atoms with E-state index in [1.54, 1.807) is 0 Å². The Bertz CT molecular complexity index is 63.4. The Morgan fingerprint density at radius 1 is 1.14 bits per heavy atom. The topological polar surface area (TPSA) is 39.9 Å². The fourth-order valence-electron chi connectivity index (χ4n) is 0.149. The van der Waals surface area contributed by atoms with Gasteiger partial charge in [-0.1, -0.05) is 13.8 Å². The Morgan fingerprint density at radius 3 is 1.71 bits per heavy atom. The second-order valence-electron chi connectivity index (χ2n) is 0.619. The van der Waals surface area contributed by atoms with E-state index in [2.05, 4.69) is 15.4 Å². The molecular formula is C4H8N3-. The van der Waals surface area contributed by atoms with E-state index >= 15 is 0 Å². The van der Waals surface area contributed by atoms with Gasteiger partial charge >= 0.3 is 0 Å². The lowest BCUT2D eigenvalue weighted by Gasteiger charge is -1.71. The van der Waals surface area contributed by atoms with Crippen LogP contribution in [-0.2, 0) is 0 Å². The van der Waals surface area contributed by atoms with Crippen molar-refractivity contribution in [3.8, 4) is 0 Å². The highest BCUT2D eigenvalue weighted by Gasteiger charge is 1.44. The van der Waals surface area contributed by atoms with Crippen LogP contribution in [0, 0.1) is 0 Å². The Labute approximate surface area is 42.8 Å². The van der Waals surface area contributed by atoms with Crippen LogP contribution in [0.3, 0.4) is 0 Å². The molecule has 1 rings (SSSR count). The van der Waals surface area contributed by atoms with E-state index in [0.717, 1.165) is 0 Å². The third kappa shape index (κ3) is 2.96. The Hall–Kier alpha value is -0.860. The lowest BCUT2D eigenvalue weighted by Crippen LogP contribution is -1.68. The van der Waals surface area contributed by atoms with Gasteiger partial charge in [0.15, 0.2) is 0 Å². The first kappa shape index (κ1) is 6.14. The summed E-state index contributed by atoms with van der Waals surface area (Å²) in [4.78, 5) is 0. The van der Waals surface area contributed by atoms with E-state index < -0.39 is 0 Å². The van der Waals surface area contributed by atoms with Gasteiger partial charge in [-0.2, -0.15) is 0 Å². The molecule has 1 heterocycles. The zero-order valence-electron chi connectivity index (χ0n) is 4.50. The van der Waals surface area contributed by atoms with Crippen LogP contribution >= 0.6 is 0 Å². The van der Waals surface area contributed by atoms with Crippen LogP contribution in [0.25, 0.3) is 0 Å². The number of rotatable bonds is 0. The zero-order valence-corrected chi connectivity index (χ0v) is 4.50. The van der Waals surface area contributed by atoms with Gasteiger partial charge in [0.2, 0.25) is 0 Å². The van der Waals surface area contributed by atoms with Gasteiger partial charge in [0.05, 0.1) is 0 Å². The average molecular weight is 98.1 g/mol. The van der Waals surface area contributed by atoms with Crippen molar-refractivity contribution in [3.63, 3.8) is 0 Å². The monoisotopic (exact) mass is 98.1 g/mol. The molecule has 1 aromatic rings. The second kappa shape index (κ2) is 5.14. The Kier molecular flexibility index (Phi) is 4.51. The molecule has 0 atom stereocenters. The summed E-state index contributed by atoms with van der Waals surface area (Å²) in [6.45, 7) is 4.00. The second-order valence-corrected chi connectivity index (χ2v) is 0.619. The number of hydrogen-bond acceptors (Lipinski definition) is 2. The lowest BCUT2D eigenvalue weighted by molar-refractivity contribution is 0.910. The van der Waals surface area contributed by atoms with Gasteiger partial charge in [-0.3, -0.25) is 0 Å². The Morgan fingerprint density at radius 2 is 1.57 bits per heavy atom. The summed E-state index contributed by atoms with van der Waals surface area (Å²) in [6.07, 6.45) is 3.06. The van der Waals surface area contributed by atoms with Crippen molar-refractivity contribution in [1.29, 1.82) is 0 Å².